The second-order valence-corrected chi connectivity index (χ2v) is 4.20. The molecule has 0 unspecified atom stereocenters. The normalized spacial score (nSPS) is 9.18. The highest BCUT2D eigenvalue weighted by molar-refractivity contribution is 6.30. The van der Waals surface area contributed by atoms with E-state index in [0.717, 1.165) is 10.8 Å². The first-order valence-corrected chi connectivity index (χ1v) is 5.83. The van der Waals surface area contributed by atoms with E-state index in [4.69, 9.17) is 16.3 Å². The summed E-state index contributed by atoms with van der Waals surface area (Å²) in [7, 11) is 1.68. The zero-order valence-electron chi connectivity index (χ0n) is 10.4. The molecule has 2 aromatic carbocycles. The minimum absolute atomic E-state index is 0.801. The number of benzene rings is 2. The van der Waals surface area contributed by atoms with Crippen molar-refractivity contribution in [3.63, 3.8) is 0 Å². The molecule has 0 amide bonds. The second-order valence-electron chi connectivity index (χ2n) is 3.77. The summed E-state index contributed by atoms with van der Waals surface area (Å²) in [4.78, 5) is 0. The maximum atomic E-state index is 5.61. The summed E-state index contributed by atoms with van der Waals surface area (Å²) in [5.74, 6) is 0.956. The van der Waals surface area contributed by atoms with E-state index in [1.807, 2.05) is 62.4 Å². The lowest BCUT2D eigenvalue weighted by atomic mass is 10.2. The van der Waals surface area contributed by atoms with Crippen LogP contribution in [0.5, 0.6) is 5.75 Å². The lowest BCUT2D eigenvalue weighted by molar-refractivity contribution is 0.411. The number of ether oxygens (including phenoxy) is 1. The SMILES string of the molecule is COc1ccccc1C.Cc1ccc(Cl)cc1. The van der Waals surface area contributed by atoms with E-state index in [2.05, 4.69) is 0 Å². The molecule has 2 rings (SSSR count). The Balaban J connectivity index is 0.000000171. The molecule has 0 atom stereocenters. The number of rotatable bonds is 1. The first kappa shape index (κ1) is 13.6. The molecule has 0 N–H and O–H groups in total. The summed E-state index contributed by atoms with van der Waals surface area (Å²) in [6, 6.07) is 15.7. The Morgan fingerprint density at radius 2 is 1.47 bits per heavy atom. The van der Waals surface area contributed by atoms with E-state index in [1.54, 1.807) is 7.11 Å². The Bertz CT molecular complexity index is 428. The number of hydrogen-bond acceptors (Lipinski definition) is 1. The molecular formula is C15H17ClO. The quantitative estimate of drug-likeness (QED) is 0.714. The highest BCUT2D eigenvalue weighted by Gasteiger charge is 1.90. The van der Waals surface area contributed by atoms with E-state index in [-0.39, 0.29) is 0 Å². The lowest BCUT2D eigenvalue weighted by Gasteiger charge is -2.00. The average Bonchev–Trinajstić information content (AvgIpc) is 2.34. The summed E-state index contributed by atoms with van der Waals surface area (Å²) in [5.41, 5.74) is 2.43. The number of aryl methyl sites for hydroxylation is 2. The van der Waals surface area contributed by atoms with Gasteiger partial charge < -0.3 is 4.74 Å². The van der Waals surface area contributed by atoms with Crippen molar-refractivity contribution in [1.82, 2.24) is 0 Å². The largest absolute Gasteiger partial charge is 0.496 e. The van der Waals surface area contributed by atoms with Crippen LogP contribution in [0.15, 0.2) is 48.5 Å². The minimum Gasteiger partial charge on any atom is -0.496 e. The smallest absolute Gasteiger partial charge is 0.121 e. The van der Waals surface area contributed by atoms with Crippen LogP contribution in [-0.4, -0.2) is 7.11 Å². The third kappa shape index (κ3) is 4.92. The van der Waals surface area contributed by atoms with Crippen LogP contribution in [0.1, 0.15) is 11.1 Å². The van der Waals surface area contributed by atoms with Crippen LogP contribution in [0.3, 0.4) is 0 Å². The number of hydrogen-bond donors (Lipinski definition) is 0. The second kappa shape index (κ2) is 6.97. The van der Waals surface area contributed by atoms with Gasteiger partial charge in [0.05, 0.1) is 7.11 Å². The van der Waals surface area contributed by atoms with Crippen molar-refractivity contribution in [3.8, 4) is 5.75 Å². The standard InChI is InChI=1S/C8H10O.C7H7Cl/c1-7-5-3-4-6-8(7)9-2;1-6-2-4-7(8)5-3-6/h3-6H,1-2H3;2-5H,1H3. The van der Waals surface area contributed by atoms with Gasteiger partial charge in [0.15, 0.2) is 0 Å². The van der Waals surface area contributed by atoms with Gasteiger partial charge in [0.2, 0.25) is 0 Å². The molecule has 17 heavy (non-hydrogen) atoms. The molecular weight excluding hydrogens is 232 g/mol. The molecule has 0 fully saturated rings. The average molecular weight is 249 g/mol. The van der Waals surface area contributed by atoms with E-state index >= 15 is 0 Å². The molecule has 0 aliphatic heterocycles. The first-order valence-electron chi connectivity index (χ1n) is 5.45. The third-order valence-electron chi connectivity index (χ3n) is 2.32. The Labute approximate surface area is 108 Å². The molecule has 0 saturated carbocycles. The molecule has 0 bridgehead atoms. The maximum absolute atomic E-state index is 5.61. The fraction of sp³-hybridized carbons (Fsp3) is 0.200. The molecule has 0 saturated heterocycles. The van der Waals surface area contributed by atoms with Gasteiger partial charge in [-0.15, -0.1) is 0 Å². The monoisotopic (exact) mass is 248 g/mol. The highest BCUT2D eigenvalue weighted by Crippen LogP contribution is 2.14. The molecule has 0 spiro atoms. The summed E-state index contributed by atoms with van der Waals surface area (Å²) < 4.78 is 5.04. The van der Waals surface area contributed by atoms with Crippen molar-refractivity contribution in [2.75, 3.05) is 7.11 Å². The van der Waals surface area contributed by atoms with Crippen molar-refractivity contribution < 1.29 is 4.74 Å². The fourth-order valence-corrected chi connectivity index (χ4v) is 1.44. The fourth-order valence-electron chi connectivity index (χ4n) is 1.32. The van der Waals surface area contributed by atoms with E-state index in [9.17, 15) is 0 Å². The first-order chi connectivity index (χ1) is 8.13. The molecule has 0 aliphatic carbocycles. The summed E-state index contributed by atoms with van der Waals surface area (Å²) in [6.07, 6.45) is 0. The lowest BCUT2D eigenvalue weighted by Crippen LogP contribution is -1.84. The summed E-state index contributed by atoms with van der Waals surface area (Å²) in [6.45, 7) is 4.06. The van der Waals surface area contributed by atoms with Gasteiger partial charge in [-0.05, 0) is 37.6 Å². The number of para-hydroxylation sites is 1. The van der Waals surface area contributed by atoms with E-state index < -0.39 is 0 Å². The molecule has 0 aliphatic rings. The zero-order chi connectivity index (χ0) is 12.7. The zero-order valence-corrected chi connectivity index (χ0v) is 11.2. The van der Waals surface area contributed by atoms with Gasteiger partial charge in [-0.25, -0.2) is 0 Å². The van der Waals surface area contributed by atoms with Gasteiger partial charge in [-0.3, -0.25) is 0 Å². The van der Waals surface area contributed by atoms with Gasteiger partial charge in [0.1, 0.15) is 5.75 Å². The van der Waals surface area contributed by atoms with Gasteiger partial charge in [0.25, 0.3) is 0 Å². The van der Waals surface area contributed by atoms with Crippen LogP contribution in [0.2, 0.25) is 5.02 Å². The minimum atomic E-state index is 0.801. The van der Waals surface area contributed by atoms with Gasteiger partial charge in [-0.1, -0.05) is 47.5 Å². The van der Waals surface area contributed by atoms with Crippen LogP contribution in [0.4, 0.5) is 0 Å². The van der Waals surface area contributed by atoms with E-state index in [0.29, 0.717) is 0 Å². The van der Waals surface area contributed by atoms with Gasteiger partial charge in [-0.2, -0.15) is 0 Å². The Kier molecular flexibility index (Phi) is 5.58. The van der Waals surface area contributed by atoms with Crippen molar-refractivity contribution in [2.45, 2.75) is 13.8 Å². The predicted octanol–water partition coefficient (Wildman–Crippen LogP) is 4.65. The maximum Gasteiger partial charge on any atom is 0.121 e. The van der Waals surface area contributed by atoms with Crippen LogP contribution in [-0.2, 0) is 0 Å². The van der Waals surface area contributed by atoms with Crippen LogP contribution in [0, 0.1) is 13.8 Å². The summed E-state index contributed by atoms with van der Waals surface area (Å²) in [5, 5.41) is 0.801. The molecule has 90 valence electrons. The molecule has 1 nitrogen and oxygen atoms in total. The molecule has 2 aromatic rings. The molecule has 0 radical (unpaired) electrons. The van der Waals surface area contributed by atoms with Crippen molar-refractivity contribution in [1.29, 1.82) is 0 Å². The van der Waals surface area contributed by atoms with Crippen molar-refractivity contribution >= 4 is 11.6 Å². The Morgan fingerprint density at radius 3 is 1.88 bits per heavy atom. The molecule has 0 heterocycles. The Hall–Kier alpha value is -1.47. The van der Waals surface area contributed by atoms with E-state index in [1.165, 1.54) is 11.1 Å². The highest BCUT2D eigenvalue weighted by atomic mass is 35.5. The van der Waals surface area contributed by atoms with Crippen molar-refractivity contribution in [2.24, 2.45) is 0 Å². The van der Waals surface area contributed by atoms with Gasteiger partial charge in [0, 0.05) is 5.02 Å². The van der Waals surface area contributed by atoms with Gasteiger partial charge >= 0.3 is 0 Å². The Morgan fingerprint density at radius 1 is 0.882 bits per heavy atom. The third-order valence-corrected chi connectivity index (χ3v) is 2.58. The topological polar surface area (TPSA) is 9.23 Å². The van der Waals surface area contributed by atoms with Crippen LogP contribution >= 0.6 is 11.6 Å². The molecule has 0 aromatic heterocycles. The van der Waals surface area contributed by atoms with Crippen molar-refractivity contribution in [3.05, 3.63) is 64.7 Å². The van der Waals surface area contributed by atoms with Crippen LogP contribution in [0.25, 0.3) is 0 Å². The number of methoxy groups -OCH3 is 1. The van der Waals surface area contributed by atoms with Crippen LogP contribution < -0.4 is 4.74 Å². The summed E-state index contributed by atoms with van der Waals surface area (Å²) >= 11 is 5.61. The number of halogens is 1. The molecule has 2 heteroatoms. The predicted molar refractivity (Wildman–Crippen MR) is 73.9 cm³/mol.